The molecule has 0 aromatic rings. The Morgan fingerprint density at radius 1 is 1.42 bits per heavy atom. The fourth-order valence-electron chi connectivity index (χ4n) is 0.383. The first kappa shape index (κ1) is 11.8. The third-order valence-corrected chi connectivity index (χ3v) is 3.20. The quantitative estimate of drug-likeness (QED) is 0.255. The zero-order valence-corrected chi connectivity index (χ0v) is 9.93. The predicted molar refractivity (Wildman–Crippen MR) is 57.1 cm³/mol. The highest BCUT2D eigenvalue weighted by molar-refractivity contribution is 14.1. The van der Waals surface area contributed by atoms with Crippen LogP contribution in [0.5, 0.6) is 0 Å². The monoisotopic (exact) mass is 280 g/mol. The second kappa shape index (κ2) is 3.65. The summed E-state index contributed by atoms with van der Waals surface area (Å²) in [7, 11) is 0. The van der Waals surface area contributed by atoms with Crippen LogP contribution in [0, 0.1) is 12.3 Å². The van der Waals surface area contributed by atoms with Crippen molar-refractivity contribution in [2.24, 2.45) is 0 Å². The van der Waals surface area contributed by atoms with Gasteiger partial charge in [0.15, 0.2) is 0 Å². The van der Waals surface area contributed by atoms with E-state index in [2.05, 4.69) is 22.6 Å². The first-order chi connectivity index (χ1) is 5.20. The maximum atomic E-state index is 10.8. The molecular formula is C9H13IO2. The lowest BCUT2D eigenvalue weighted by molar-refractivity contribution is -0.150. The normalized spacial score (nSPS) is 12.0. The van der Waals surface area contributed by atoms with E-state index < -0.39 is 11.6 Å². The zero-order chi connectivity index (χ0) is 9.99. The van der Waals surface area contributed by atoms with Gasteiger partial charge < -0.3 is 4.74 Å². The molecule has 0 saturated carbocycles. The van der Waals surface area contributed by atoms with Crippen LogP contribution in [0.3, 0.4) is 0 Å². The molecule has 3 heteroatoms. The van der Waals surface area contributed by atoms with Crippen molar-refractivity contribution in [3.8, 4) is 12.3 Å². The summed E-state index contributed by atoms with van der Waals surface area (Å²) in [6.07, 6.45) is 4.90. The van der Waals surface area contributed by atoms with Crippen LogP contribution in [0.25, 0.3) is 0 Å². The molecule has 2 nitrogen and oxygen atoms in total. The number of esters is 1. The van der Waals surface area contributed by atoms with Crippen LogP contribution in [0.1, 0.15) is 27.7 Å². The Balaban J connectivity index is 4.46. The smallest absolute Gasteiger partial charge is 0.384 e. The van der Waals surface area contributed by atoms with Crippen LogP contribution in [0.2, 0.25) is 0 Å². The minimum atomic E-state index is -0.607. The Morgan fingerprint density at radius 2 is 1.83 bits per heavy atom. The highest BCUT2D eigenvalue weighted by Gasteiger charge is 2.37. The summed E-state index contributed by atoms with van der Waals surface area (Å²) in [5, 5.41) is 0. The molecule has 0 aliphatic heterocycles. The lowest BCUT2D eigenvalue weighted by Gasteiger charge is -2.35. The molecule has 0 atom stereocenters. The first-order valence-corrected chi connectivity index (χ1v) is 4.67. The van der Waals surface area contributed by atoms with Crippen LogP contribution in [0.4, 0.5) is 0 Å². The summed E-state index contributed by atoms with van der Waals surface area (Å²) >= 11 is 2.22. The van der Waals surface area contributed by atoms with Crippen molar-refractivity contribution in [2.75, 3.05) is 0 Å². The summed E-state index contributed by atoms with van der Waals surface area (Å²) < 4.78 is 4.93. The van der Waals surface area contributed by atoms with Gasteiger partial charge in [-0.25, -0.2) is 4.79 Å². The Bertz CT molecular complexity index is 218. The van der Waals surface area contributed by atoms with Gasteiger partial charge >= 0.3 is 5.97 Å². The molecule has 0 bridgehead atoms. The molecule has 0 aliphatic carbocycles. The average molecular weight is 280 g/mol. The van der Waals surface area contributed by atoms with Crippen LogP contribution in [0.15, 0.2) is 0 Å². The average Bonchev–Trinajstić information content (AvgIpc) is 1.84. The summed E-state index contributed by atoms with van der Waals surface area (Å²) in [4.78, 5) is 10.8. The third kappa shape index (κ3) is 3.02. The van der Waals surface area contributed by atoms with E-state index in [9.17, 15) is 4.79 Å². The van der Waals surface area contributed by atoms with Crippen molar-refractivity contribution in [2.45, 2.75) is 36.7 Å². The van der Waals surface area contributed by atoms with Crippen molar-refractivity contribution in [3.05, 3.63) is 0 Å². The molecule has 0 rings (SSSR count). The van der Waals surface area contributed by atoms with Crippen molar-refractivity contribution >= 4 is 28.6 Å². The number of carbonyl (C=O) groups excluding carboxylic acids is 1. The Kier molecular flexibility index (Phi) is 3.58. The predicted octanol–water partition coefficient (Wildman–Crippen LogP) is 2.16. The lowest BCUT2D eigenvalue weighted by atomic mass is 9.94. The number of hydrogen-bond donors (Lipinski definition) is 0. The van der Waals surface area contributed by atoms with Crippen LogP contribution >= 0.6 is 22.6 Å². The minimum absolute atomic E-state index is 0.142. The number of alkyl halides is 1. The molecule has 0 fully saturated rings. The van der Waals surface area contributed by atoms with Crippen molar-refractivity contribution < 1.29 is 9.53 Å². The maximum Gasteiger partial charge on any atom is 0.384 e. The zero-order valence-electron chi connectivity index (χ0n) is 7.77. The third-order valence-electron chi connectivity index (χ3n) is 1.90. The second-order valence-corrected chi connectivity index (χ2v) is 6.21. The van der Waals surface area contributed by atoms with E-state index in [-0.39, 0.29) is 3.42 Å². The number of carbonyl (C=O) groups is 1. The van der Waals surface area contributed by atoms with Gasteiger partial charge in [0, 0.05) is 5.92 Å². The van der Waals surface area contributed by atoms with Gasteiger partial charge in [0.2, 0.25) is 0 Å². The van der Waals surface area contributed by atoms with Gasteiger partial charge in [-0.15, -0.1) is 6.42 Å². The van der Waals surface area contributed by atoms with Gasteiger partial charge in [0.1, 0.15) is 5.60 Å². The Labute approximate surface area is 87.2 Å². The number of rotatable bonds is 2. The van der Waals surface area contributed by atoms with Gasteiger partial charge in [-0.05, 0) is 27.7 Å². The first-order valence-electron chi connectivity index (χ1n) is 3.59. The topological polar surface area (TPSA) is 26.3 Å². The molecule has 0 saturated heterocycles. The molecule has 0 radical (unpaired) electrons. The van der Waals surface area contributed by atoms with Crippen molar-refractivity contribution in [3.63, 3.8) is 0 Å². The van der Waals surface area contributed by atoms with Gasteiger partial charge in [-0.1, -0.05) is 22.6 Å². The van der Waals surface area contributed by atoms with Gasteiger partial charge in [0.05, 0.1) is 3.42 Å². The minimum Gasteiger partial charge on any atom is -0.449 e. The number of ether oxygens (including phenoxy) is 1. The molecule has 68 valence electrons. The molecule has 0 unspecified atom stereocenters. The molecular weight excluding hydrogens is 267 g/mol. The summed E-state index contributed by atoms with van der Waals surface area (Å²) in [5.41, 5.74) is -0.545. The van der Waals surface area contributed by atoms with E-state index in [0.29, 0.717) is 0 Å². The molecule has 0 aliphatic rings. The number of halogens is 1. The second-order valence-electron chi connectivity index (χ2n) is 3.52. The van der Waals surface area contributed by atoms with Gasteiger partial charge in [-0.2, -0.15) is 0 Å². The Morgan fingerprint density at radius 3 is 2.08 bits per heavy atom. The van der Waals surface area contributed by atoms with E-state index in [4.69, 9.17) is 11.2 Å². The van der Waals surface area contributed by atoms with Crippen molar-refractivity contribution in [1.82, 2.24) is 0 Å². The highest BCUT2D eigenvalue weighted by atomic mass is 127. The highest BCUT2D eigenvalue weighted by Crippen LogP contribution is 2.33. The van der Waals surface area contributed by atoms with Crippen LogP contribution in [-0.4, -0.2) is 15.0 Å². The standard InChI is InChI=1S/C9H13IO2/c1-6-7(11)12-9(4,5)8(2,3)10/h1H,2-5H3. The Hall–Kier alpha value is -0.240. The fraction of sp³-hybridized carbons (Fsp3) is 0.667. The molecule has 0 amide bonds. The number of terminal acetylenes is 1. The summed E-state index contributed by atoms with van der Waals surface area (Å²) in [6.45, 7) is 7.65. The van der Waals surface area contributed by atoms with Crippen molar-refractivity contribution in [1.29, 1.82) is 0 Å². The molecule has 0 heterocycles. The lowest BCUT2D eigenvalue weighted by Crippen LogP contribution is -2.43. The van der Waals surface area contributed by atoms with E-state index in [1.807, 2.05) is 33.6 Å². The van der Waals surface area contributed by atoms with E-state index in [0.717, 1.165) is 0 Å². The van der Waals surface area contributed by atoms with Crippen LogP contribution in [-0.2, 0) is 9.53 Å². The van der Waals surface area contributed by atoms with Crippen LogP contribution < -0.4 is 0 Å². The summed E-state index contributed by atoms with van der Waals surface area (Å²) in [6, 6.07) is 0. The molecule has 0 spiro atoms. The molecule has 0 aromatic heterocycles. The maximum absolute atomic E-state index is 10.8. The van der Waals surface area contributed by atoms with Gasteiger partial charge in [-0.3, -0.25) is 0 Å². The molecule has 0 N–H and O–H groups in total. The summed E-state index contributed by atoms with van der Waals surface area (Å²) in [5.74, 6) is 1.32. The molecule has 12 heavy (non-hydrogen) atoms. The van der Waals surface area contributed by atoms with E-state index in [1.165, 1.54) is 0 Å². The van der Waals surface area contributed by atoms with E-state index in [1.54, 1.807) is 0 Å². The number of hydrogen-bond acceptors (Lipinski definition) is 2. The van der Waals surface area contributed by atoms with Gasteiger partial charge in [0.25, 0.3) is 0 Å². The largest absolute Gasteiger partial charge is 0.449 e. The SMILES string of the molecule is C#CC(=O)OC(C)(C)C(C)(C)I. The van der Waals surface area contributed by atoms with E-state index >= 15 is 0 Å². The fourth-order valence-corrected chi connectivity index (χ4v) is 0.493. The molecule has 0 aromatic carbocycles.